The molecule has 0 aliphatic carbocycles. The van der Waals surface area contributed by atoms with E-state index in [1.54, 1.807) is 0 Å². The van der Waals surface area contributed by atoms with E-state index in [-0.39, 0.29) is 11.8 Å². The van der Waals surface area contributed by atoms with Gasteiger partial charge >= 0.3 is 0 Å². The Kier molecular flexibility index (Phi) is 4.18. The van der Waals surface area contributed by atoms with Crippen molar-refractivity contribution in [2.45, 2.75) is 32.2 Å². The molecule has 2 aliphatic heterocycles. The average Bonchev–Trinajstić information content (AvgIpc) is 2.74. The molecule has 3 atom stereocenters. The van der Waals surface area contributed by atoms with E-state index in [9.17, 15) is 4.79 Å². The van der Waals surface area contributed by atoms with Gasteiger partial charge in [-0.25, -0.2) is 0 Å². The van der Waals surface area contributed by atoms with Gasteiger partial charge in [0.1, 0.15) is 0 Å². The molecular weight excluding hydrogens is 204 g/mol. The third-order valence-corrected chi connectivity index (χ3v) is 3.68. The number of amides is 1. The predicted molar refractivity (Wildman–Crippen MR) is 62.1 cm³/mol. The molecule has 3 unspecified atom stereocenters. The van der Waals surface area contributed by atoms with Crippen molar-refractivity contribution < 1.29 is 9.53 Å². The topological polar surface area (TPSA) is 50.4 Å². The first-order valence-electron chi connectivity index (χ1n) is 6.36. The van der Waals surface area contributed by atoms with Gasteiger partial charge in [0.25, 0.3) is 0 Å². The molecule has 0 spiro atoms. The molecule has 2 saturated heterocycles. The molecule has 1 amide bonds. The van der Waals surface area contributed by atoms with Crippen LogP contribution in [0, 0.1) is 11.8 Å². The maximum atomic E-state index is 11.9. The standard InChI is InChI=1S/C12H22N2O2/c1-9-11(4-5-13-9)12(15)14-7-10-3-2-6-16-8-10/h9-11,13H,2-8H2,1H3,(H,14,15). The molecule has 0 bridgehead atoms. The maximum Gasteiger partial charge on any atom is 0.224 e. The molecule has 2 fully saturated rings. The monoisotopic (exact) mass is 226 g/mol. The van der Waals surface area contributed by atoms with E-state index >= 15 is 0 Å². The second-order valence-corrected chi connectivity index (χ2v) is 4.97. The largest absolute Gasteiger partial charge is 0.381 e. The molecule has 0 aromatic carbocycles. The van der Waals surface area contributed by atoms with Gasteiger partial charge in [0.2, 0.25) is 5.91 Å². The molecule has 2 heterocycles. The van der Waals surface area contributed by atoms with Crippen molar-refractivity contribution in [2.24, 2.45) is 11.8 Å². The smallest absolute Gasteiger partial charge is 0.224 e. The van der Waals surface area contributed by atoms with Gasteiger partial charge in [-0.1, -0.05) is 0 Å². The van der Waals surface area contributed by atoms with Crippen molar-refractivity contribution in [3.63, 3.8) is 0 Å². The van der Waals surface area contributed by atoms with Crippen LogP contribution in [0.4, 0.5) is 0 Å². The van der Waals surface area contributed by atoms with Crippen LogP contribution in [0.25, 0.3) is 0 Å². The molecule has 0 saturated carbocycles. The first kappa shape index (κ1) is 11.9. The van der Waals surface area contributed by atoms with Crippen molar-refractivity contribution in [3.05, 3.63) is 0 Å². The molecular formula is C12H22N2O2. The molecule has 4 heteroatoms. The van der Waals surface area contributed by atoms with Gasteiger partial charge in [0.15, 0.2) is 0 Å². The van der Waals surface area contributed by atoms with Crippen LogP contribution in [0.1, 0.15) is 26.2 Å². The van der Waals surface area contributed by atoms with E-state index in [4.69, 9.17) is 4.74 Å². The molecule has 4 nitrogen and oxygen atoms in total. The lowest BCUT2D eigenvalue weighted by molar-refractivity contribution is -0.125. The highest BCUT2D eigenvalue weighted by Gasteiger charge is 2.29. The summed E-state index contributed by atoms with van der Waals surface area (Å²) in [5.74, 6) is 0.884. The molecule has 0 radical (unpaired) electrons. The van der Waals surface area contributed by atoms with Gasteiger partial charge in [-0.3, -0.25) is 4.79 Å². The van der Waals surface area contributed by atoms with Gasteiger partial charge in [-0.15, -0.1) is 0 Å². The summed E-state index contributed by atoms with van der Waals surface area (Å²) in [6.07, 6.45) is 3.27. The van der Waals surface area contributed by atoms with Crippen molar-refractivity contribution in [1.29, 1.82) is 0 Å². The molecule has 0 aromatic heterocycles. The predicted octanol–water partition coefficient (Wildman–Crippen LogP) is 0.527. The zero-order valence-corrected chi connectivity index (χ0v) is 10.00. The van der Waals surface area contributed by atoms with Crippen LogP contribution in [0.2, 0.25) is 0 Å². The van der Waals surface area contributed by atoms with Crippen molar-refractivity contribution >= 4 is 5.91 Å². The fraction of sp³-hybridized carbons (Fsp3) is 0.917. The highest BCUT2D eigenvalue weighted by atomic mass is 16.5. The summed E-state index contributed by atoms with van der Waals surface area (Å²) in [7, 11) is 0. The van der Waals surface area contributed by atoms with E-state index < -0.39 is 0 Å². The lowest BCUT2D eigenvalue weighted by Gasteiger charge is -2.23. The Morgan fingerprint density at radius 1 is 1.50 bits per heavy atom. The second kappa shape index (κ2) is 5.64. The molecule has 2 aliphatic rings. The quantitative estimate of drug-likeness (QED) is 0.738. The van der Waals surface area contributed by atoms with E-state index in [0.717, 1.165) is 39.1 Å². The van der Waals surface area contributed by atoms with E-state index in [0.29, 0.717) is 12.0 Å². The lowest BCUT2D eigenvalue weighted by Crippen LogP contribution is -2.40. The minimum Gasteiger partial charge on any atom is -0.381 e. The molecule has 0 aromatic rings. The van der Waals surface area contributed by atoms with Crippen LogP contribution < -0.4 is 10.6 Å². The fourth-order valence-corrected chi connectivity index (χ4v) is 2.56. The minimum atomic E-state index is 0.157. The Labute approximate surface area is 97.1 Å². The average molecular weight is 226 g/mol. The van der Waals surface area contributed by atoms with Gasteiger partial charge < -0.3 is 15.4 Å². The van der Waals surface area contributed by atoms with Crippen LogP contribution in [0.5, 0.6) is 0 Å². The second-order valence-electron chi connectivity index (χ2n) is 4.97. The number of ether oxygens (including phenoxy) is 1. The van der Waals surface area contributed by atoms with Gasteiger partial charge in [-0.05, 0) is 38.6 Å². The van der Waals surface area contributed by atoms with Crippen molar-refractivity contribution in [2.75, 3.05) is 26.3 Å². The number of nitrogens with one attached hydrogen (secondary N) is 2. The Balaban J connectivity index is 1.70. The number of carbonyl (C=O) groups is 1. The lowest BCUT2D eigenvalue weighted by atomic mass is 9.99. The zero-order chi connectivity index (χ0) is 11.4. The fourth-order valence-electron chi connectivity index (χ4n) is 2.56. The third kappa shape index (κ3) is 2.95. The molecule has 2 rings (SSSR count). The van der Waals surface area contributed by atoms with Crippen molar-refractivity contribution in [3.8, 4) is 0 Å². The highest BCUT2D eigenvalue weighted by molar-refractivity contribution is 5.79. The third-order valence-electron chi connectivity index (χ3n) is 3.68. The van der Waals surface area contributed by atoms with E-state index in [1.165, 1.54) is 6.42 Å². The van der Waals surface area contributed by atoms with Gasteiger partial charge in [0.05, 0.1) is 12.5 Å². The van der Waals surface area contributed by atoms with E-state index in [2.05, 4.69) is 17.6 Å². The van der Waals surface area contributed by atoms with Crippen molar-refractivity contribution in [1.82, 2.24) is 10.6 Å². The molecule has 2 N–H and O–H groups in total. The van der Waals surface area contributed by atoms with Crippen LogP contribution in [-0.2, 0) is 9.53 Å². The minimum absolute atomic E-state index is 0.157. The summed E-state index contributed by atoms with van der Waals surface area (Å²) in [6, 6.07) is 0.322. The SMILES string of the molecule is CC1NCCC1C(=O)NCC1CCCOC1. The highest BCUT2D eigenvalue weighted by Crippen LogP contribution is 2.16. The number of hydrogen-bond acceptors (Lipinski definition) is 3. The summed E-state index contributed by atoms with van der Waals surface area (Å²) >= 11 is 0. The van der Waals surface area contributed by atoms with Crippen LogP contribution in [-0.4, -0.2) is 38.3 Å². The van der Waals surface area contributed by atoms with Crippen LogP contribution >= 0.6 is 0 Å². The van der Waals surface area contributed by atoms with Crippen LogP contribution in [0.15, 0.2) is 0 Å². The Hall–Kier alpha value is -0.610. The number of carbonyl (C=O) groups excluding carboxylic acids is 1. The van der Waals surface area contributed by atoms with Crippen LogP contribution in [0.3, 0.4) is 0 Å². The summed E-state index contributed by atoms with van der Waals surface area (Å²) in [5, 5.41) is 6.37. The Bertz CT molecular complexity index is 239. The zero-order valence-electron chi connectivity index (χ0n) is 10.00. The summed E-state index contributed by atoms with van der Waals surface area (Å²) in [4.78, 5) is 11.9. The summed E-state index contributed by atoms with van der Waals surface area (Å²) < 4.78 is 5.40. The Morgan fingerprint density at radius 3 is 3.00 bits per heavy atom. The van der Waals surface area contributed by atoms with E-state index in [1.807, 2.05) is 0 Å². The first-order valence-corrected chi connectivity index (χ1v) is 6.36. The van der Waals surface area contributed by atoms with Gasteiger partial charge in [0, 0.05) is 19.2 Å². The molecule has 92 valence electrons. The normalized spacial score (nSPS) is 34.9. The number of hydrogen-bond donors (Lipinski definition) is 2. The summed E-state index contributed by atoms with van der Waals surface area (Å²) in [5.41, 5.74) is 0. The Morgan fingerprint density at radius 2 is 2.38 bits per heavy atom. The first-order chi connectivity index (χ1) is 7.77. The number of rotatable bonds is 3. The molecule has 16 heavy (non-hydrogen) atoms. The maximum absolute atomic E-state index is 11.9. The van der Waals surface area contributed by atoms with Gasteiger partial charge in [-0.2, -0.15) is 0 Å². The summed E-state index contributed by atoms with van der Waals surface area (Å²) in [6.45, 7) is 5.52.